The molecule has 2 bridgehead atoms. The van der Waals surface area contributed by atoms with Gasteiger partial charge in [0.05, 0.1) is 17.8 Å². The van der Waals surface area contributed by atoms with Crippen LogP contribution in [0.25, 0.3) is 0 Å². The minimum absolute atomic E-state index is 0.0159. The van der Waals surface area contributed by atoms with E-state index >= 15 is 0 Å². The molecule has 0 spiro atoms. The van der Waals surface area contributed by atoms with Crippen molar-refractivity contribution in [3.05, 3.63) is 48.8 Å². The number of ether oxygens (including phenoxy) is 1. The zero-order valence-electron chi connectivity index (χ0n) is 20.9. The van der Waals surface area contributed by atoms with Crippen LogP contribution >= 0.6 is 0 Å². The van der Waals surface area contributed by atoms with E-state index in [2.05, 4.69) is 20.1 Å². The number of amides is 2. The molecule has 2 aliphatic heterocycles. The van der Waals surface area contributed by atoms with Crippen LogP contribution < -0.4 is 15.0 Å². The lowest BCUT2D eigenvalue weighted by Crippen LogP contribution is -2.52. The molecule has 3 atom stereocenters. The number of hydrogen-bond acceptors (Lipinski definition) is 5. The predicted molar refractivity (Wildman–Crippen MR) is 139 cm³/mol. The van der Waals surface area contributed by atoms with Gasteiger partial charge in [0.1, 0.15) is 11.9 Å². The highest BCUT2D eigenvalue weighted by atomic mass is 16.5. The quantitative estimate of drug-likeness (QED) is 0.627. The summed E-state index contributed by atoms with van der Waals surface area (Å²) < 4.78 is 6.20. The first kappa shape index (κ1) is 23.3. The van der Waals surface area contributed by atoms with Gasteiger partial charge in [-0.05, 0) is 73.4 Å². The van der Waals surface area contributed by atoms with Crippen LogP contribution in [0.3, 0.4) is 0 Å². The molecule has 190 valence electrons. The van der Waals surface area contributed by atoms with Crippen molar-refractivity contribution in [1.82, 2.24) is 9.88 Å². The molecule has 1 unspecified atom stereocenters. The topological polar surface area (TPSA) is 74.8 Å². The van der Waals surface area contributed by atoms with Crippen molar-refractivity contribution >= 4 is 23.2 Å². The summed E-state index contributed by atoms with van der Waals surface area (Å²) in [6, 6.07) is 11.6. The Morgan fingerprint density at radius 2 is 1.81 bits per heavy atom. The van der Waals surface area contributed by atoms with E-state index in [1.807, 2.05) is 42.6 Å². The Bertz CT molecular complexity index is 1060. The number of pyridine rings is 1. The van der Waals surface area contributed by atoms with Gasteiger partial charge >= 0.3 is 0 Å². The number of nitrogens with zero attached hydrogens (tertiary/aromatic N) is 3. The van der Waals surface area contributed by atoms with Crippen molar-refractivity contribution in [3.8, 4) is 5.75 Å². The number of anilines is 2. The molecule has 0 radical (unpaired) electrons. The first-order valence-electron chi connectivity index (χ1n) is 13.6. The van der Waals surface area contributed by atoms with Gasteiger partial charge in [0.15, 0.2) is 0 Å². The monoisotopic (exact) mass is 488 g/mol. The summed E-state index contributed by atoms with van der Waals surface area (Å²) in [7, 11) is 0. The lowest BCUT2D eigenvalue weighted by molar-refractivity contribution is -0.134. The number of carbonyl (C=O) groups excluding carboxylic acids is 2. The van der Waals surface area contributed by atoms with Gasteiger partial charge in [0, 0.05) is 57.3 Å². The van der Waals surface area contributed by atoms with E-state index in [0.717, 1.165) is 61.3 Å². The largest absolute Gasteiger partial charge is 0.490 e. The van der Waals surface area contributed by atoms with E-state index < -0.39 is 0 Å². The average Bonchev–Trinajstić information content (AvgIpc) is 3.49. The smallest absolute Gasteiger partial charge is 0.231 e. The Kier molecular flexibility index (Phi) is 6.55. The fourth-order valence-electron chi connectivity index (χ4n) is 6.65. The third kappa shape index (κ3) is 5.06. The summed E-state index contributed by atoms with van der Waals surface area (Å²) in [4.78, 5) is 33.8. The molecule has 2 saturated carbocycles. The van der Waals surface area contributed by atoms with Crippen LogP contribution in [0.4, 0.5) is 11.4 Å². The van der Waals surface area contributed by atoms with Gasteiger partial charge in [-0.1, -0.05) is 6.42 Å². The molecule has 4 aliphatic rings. The molecule has 7 nitrogen and oxygen atoms in total. The molecule has 2 saturated heterocycles. The second-order valence-corrected chi connectivity index (χ2v) is 11.2. The van der Waals surface area contributed by atoms with Gasteiger partial charge in [-0.2, -0.15) is 0 Å². The summed E-state index contributed by atoms with van der Waals surface area (Å²) in [5.41, 5.74) is 1.84. The van der Waals surface area contributed by atoms with Crippen molar-refractivity contribution in [3.63, 3.8) is 0 Å². The van der Waals surface area contributed by atoms with Crippen LogP contribution in [-0.2, 0) is 9.59 Å². The zero-order chi connectivity index (χ0) is 24.5. The highest BCUT2D eigenvalue weighted by Crippen LogP contribution is 2.49. The van der Waals surface area contributed by atoms with Gasteiger partial charge in [0.25, 0.3) is 0 Å². The summed E-state index contributed by atoms with van der Waals surface area (Å²) in [5.74, 6) is 3.53. The molecule has 2 aromatic rings. The molecule has 7 heteroatoms. The van der Waals surface area contributed by atoms with Gasteiger partial charge in [0.2, 0.25) is 11.8 Å². The number of likely N-dealkylation sites (tertiary alicyclic amines) is 1. The van der Waals surface area contributed by atoms with E-state index in [9.17, 15) is 9.59 Å². The summed E-state index contributed by atoms with van der Waals surface area (Å²) in [6.07, 6.45) is 11.6. The van der Waals surface area contributed by atoms with E-state index in [0.29, 0.717) is 24.9 Å². The van der Waals surface area contributed by atoms with Crippen LogP contribution in [0.1, 0.15) is 44.9 Å². The number of fused-ring (bicyclic) bond motifs is 2. The average molecular weight is 489 g/mol. The molecule has 1 aromatic carbocycles. The second-order valence-electron chi connectivity index (χ2n) is 11.2. The maximum atomic E-state index is 12.8. The molecule has 1 aromatic heterocycles. The minimum atomic E-state index is -0.0159. The molecular weight excluding hydrogens is 452 g/mol. The number of carbonyl (C=O) groups is 2. The Morgan fingerprint density at radius 3 is 2.47 bits per heavy atom. The van der Waals surface area contributed by atoms with Gasteiger partial charge < -0.3 is 19.9 Å². The van der Waals surface area contributed by atoms with Gasteiger partial charge in [-0.25, -0.2) is 0 Å². The van der Waals surface area contributed by atoms with Crippen molar-refractivity contribution in [1.29, 1.82) is 0 Å². The maximum Gasteiger partial charge on any atom is 0.231 e. The highest BCUT2D eigenvalue weighted by Gasteiger charge is 2.41. The lowest BCUT2D eigenvalue weighted by Gasteiger charge is -2.39. The number of piperidine rings is 1. The Hall–Kier alpha value is -3.09. The zero-order valence-corrected chi connectivity index (χ0v) is 20.9. The number of rotatable bonds is 7. The first-order valence-corrected chi connectivity index (χ1v) is 13.6. The van der Waals surface area contributed by atoms with E-state index in [1.54, 1.807) is 6.20 Å². The predicted octanol–water partition coefficient (Wildman–Crippen LogP) is 4.35. The van der Waals surface area contributed by atoms with Gasteiger partial charge in [-0.15, -0.1) is 0 Å². The second kappa shape index (κ2) is 10.1. The van der Waals surface area contributed by atoms with Crippen molar-refractivity contribution in [2.24, 2.45) is 23.7 Å². The van der Waals surface area contributed by atoms with E-state index in [4.69, 9.17) is 4.74 Å². The standard InChI is InChI=1S/C29H36N4O3/c34-28(16-22-15-20-3-4-21(22)14-20)32-12-9-27(10-13-32)36-26-7-5-24(6-8-26)31-29(35)23-18-33(19-23)25-2-1-11-30-17-25/h1-2,5-8,11,17,20-23,27H,3-4,9-10,12-16,18-19H2,(H,31,35)/t20-,21+,22?/m1/s1. The van der Waals surface area contributed by atoms with E-state index in [-0.39, 0.29) is 17.9 Å². The SMILES string of the molecule is O=C(Nc1ccc(OC2CCN(C(=O)CC3C[C@@H]4CC[C@H]3C4)CC2)cc1)C1CN(c2cccnc2)C1. The summed E-state index contributed by atoms with van der Waals surface area (Å²) in [5, 5.41) is 3.02. The Morgan fingerprint density at radius 1 is 1.00 bits per heavy atom. The van der Waals surface area contributed by atoms with Crippen molar-refractivity contribution in [2.45, 2.75) is 51.0 Å². The van der Waals surface area contributed by atoms with Crippen LogP contribution in [-0.4, -0.2) is 54.0 Å². The number of nitrogens with one attached hydrogen (secondary N) is 1. The molecule has 3 heterocycles. The summed E-state index contributed by atoms with van der Waals surface area (Å²) >= 11 is 0. The first-order chi connectivity index (χ1) is 17.6. The summed E-state index contributed by atoms with van der Waals surface area (Å²) in [6.45, 7) is 3.00. The van der Waals surface area contributed by atoms with Crippen LogP contribution in [0.2, 0.25) is 0 Å². The van der Waals surface area contributed by atoms with E-state index in [1.165, 1.54) is 25.7 Å². The normalized spacial score (nSPS) is 26.1. The van der Waals surface area contributed by atoms with Crippen LogP contribution in [0, 0.1) is 23.7 Å². The van der Waals surface area contributed by atoms with Gasteiger partial charge in [-0.3, -0.25) is 14.6 Å². The molecule has 36 heavy (non-hydrogen) atoms. The highest BCUT2D eigenvalue weighted by molar-refractivity contribution is 5.94. The minimum Gasteiger partial charge on any atom is -0.490 e. The Labute approximate surface area is 213 Å². The lowest BCUT2D eigenvalue weighted by atomic mass is 9.86. The molecule has 4 fully saturated rings. The fourth-order valence-corrected chi connectivity index (χ4v) is 6.65. The van der Waals surface area contributed by atoms with Crippen molar-refractivity contribution in [2.75, 3.05) is 36.4 Å². The fraction of sp³-hybridized carbons (Fsp3) is 0.552. The molecular formula is C29H36N4O3. The Balaban J connectivity index is 0.918. The molecule has 2 amide bonds. The molecule has 6 rings (SSSR count). The maximum absolute atomic E-state index is 12.8. The third-order valence-corrected chi connectivity index (χ3v) is 8.80. The molecule has 2 aliphatic carbocycles. The van der Waals surface area contributed by atoms with Crippen LogP contribution in [0.15, 0.2) is 48.8 Å². The number of aromatic nitrogens is 1. The van der Waals surface area contributed by atoms with Crippen LogP contribution in [0.5, 0.6) is 5.75 Å². The number of benzene rings is 1. The third-order valence-electron chi connectivity index (χ3n) is 8.80. The number of hydrogen-bond donors (Lipinski definition) is 1. The molecule has 1 N–H and O–H groups in total. The van der Waals surface area contributed by atoms with Crippen molar-refractivity contribution < 1.29 is 14.3 Å².